The normalized spacial score (nSPS) is 11.8. The molecule has 6 nitrogen and oxygen atoms in total. The van der Waals surface area contributed by atoms with Crippen molar-refractivity contribution in [1.82, 2.24) is 14.5 Å². The van der Waals surface area contributed by atoms with Crippen molar-refractivity contribution in [3.05, 3.63) is 83.4 Å². The minimum absolute atomic E-state index is 0.00740. The summed E-state index contributed by atoms with van der Waals surface area (Å²) in [6.07, 6.45) is 1.54. The molecule has 176 valence electrons. The van der Waals surface area contributed by atoms with Crippen LogP contribution in [0.5, 0.6) is 0 Å². The van der Waals surface area contributed by atoms with Gasteiger partial charge in [0.15, 0.2) is 0 Å². The van der Waals surface area contributed by atoms with Gasteiger partial charge in [-0.1, -0.05) is 44.2 Å². The van der Waals surface area contributed by atoms with E-state index in [2.05, 4.69) is 4.98 Å². The van der Waals surface area contributed by atoms with Gasteiger partial charge >= 0.3 is 0 Å². The monoisotopic (exact) mass is 471 g/mol. The first-order chi connectivity index (χ1) is 15.6. The molecule has 0 aliphatic rings. The van der Waals surface area contributed by atoms with E-state index in [-0.39, 0.29) is 35.3 Å². The fourth-order valence-electron chi connectivity index (χ4n) is 3.61. The topological polar surface area (TPSA) is 72.3 Å². The van der Waals surface area contributed by atoms with Crippen molar-refractivity contribution in [2.24, 2.45) is 5.92 Å². The maximum Gasteiger partial charge on any atom is 0.254 e. The van der Waals surface area contributed by atoms with Crippen molar-refractivity contribution in [3.63, 3.8) is 0 Å². The Morgan fingerprint density at radius 3 is 2.24 bits per heavy atom. The highest BCUT2D eigenvalue weighted by Gasteiger charge is 2.27. The number of carbonyl (C=O) groups excluding carboxylic acids is 1. The molecule has 33 heavy (non-hydrogen) atoms. The Morgan fingerprint density at radius 1 is 1.03 bits per heavy atom. The third kappa shape index (κ3) is 6.07. The number of nitrogens with zero attached hydrogens (tertiary/aromatic N) is 3. The first-order valence-electron chi connectivity index (χ1n) is 11.0. The van der Waals surface area contributed by atoms with Gasteiger partial charge in [-0.3, -0.25) is 4.79 Å². The average molecular weight is 472 g/mol. The van der Waals surface area contributed by atoms with Gasteiger partial charge < -0.3 is 9.47 Å². The van der Waals surface area contributed by atoms with Crippen molar-refractivity contribution < 1.29 is 17.6 Å². The minimum atomic E-state index is -3.70. The molecule has 1 aromatic heterocycles. The predicted octanol–water partition coefficient (Wildman–Crippen LogP) is 4.70. The molecule has 1 heterocycles. The zero-order valence-corrected chi connectivity index (χ0v) is 20.2. The Bertz CT molecular complexity index is 1190. The molecule has 0 aliphatic carbocycles. The summed E-state index contributed by atoms with van der Waals surface area (Å²) in [4.78, 5) is 19.1. The highest BCUT2D eigenvalue weighted by molar-refractivity contribution is 7.90. The molecular formula is C25H30FN3O3S. The van der Waals surface area contributed by atoms with E-state index in [1.165, 1.54) is 30.5 Å². The Kier molecular flexibility index (Phi) is 7.68. The number of hydrogen-bond acceptors (Lipinski definition) is 4. The number of imidazole rings is 1. The summed E-state index contributed by atoms with van der Waals surface area (Å²) >= 11 is 0. The largest absolute Gasteiger partial charge is 0.330 e. The molecule has 1 amide bonds. The molecule has 3 rings (SSSR count). The van der Waals surface area contributed by atoms with E-state index >= 15 is 0 Å². The maximum absolute atomic E-state index is 13.3. The van der Waals surface area contributed by atoms with Crippen LogP contribution in [-0.2, 0) is 28.7 Å². The third-order valence-electron chi connectivity index (χ3n) is 5.23. The minimum Gasteiger partial charge on any atom is -0.330 e. The van der Waals surface area contributed by atoms with E-state index in [1.54, 1.807) is 33.7 Å². The van der Waals surface area contributed by atoms with Crippen molar-refractivity contribution >= 4 is 15.7 Å². The lowest BCUT2D eigenvalue weighted by Crippen LogP contribution is -2.37. The second kappa shape index (κ2) is 10.3. The van der Waals surface area contributed by atoms with Crippen molar-refractivity contribution in [2.75, 3.05) is 0 Å². The van der Waals surface area contributed by atoms with Crippen LogP contribution in [0.15, 0.2) is 66.0 Å². The van der Waals surface area contributed by atoms with Crippen LogP contribution in [0.1, 0.15) is 49.3 Å². The lowest BCUT2D eigenvalue weighted by atomic mass is 10.1. The van der Waals surface area contributed by atoms with Crippen LogP contribution in [0.4, 0.5) is 4.39 Å². The molecule has 0 fully saturated rings. The quantitative estimate of drug-likeness (QED) is 0.453. The second-order valence-corrected chi connectivity index (χ2v) is 10.7. The van der Waals surface area contributed by atoms with E-state index in [1.807, 2.05) is 33.8 Å². The van der Waals surface area contributed by atoms with E-state index < -0.39 is 15.7 Å². The number of carbonyl (C=O) groups is 1. The molecule has 0 unspecified atom stereocenters. The highest BCUT2D eigenvalue weighted by Crippen LogP contribution is 2.22. The fourth-order valence-corrected chi connectivity index (χ4v) is 5.11. The van der Waals surface area contributed by atoms with Gasteiger partial charge in [0.05, 0.1) is 24.2 Å². The summed E-state index contributed by atoms with van der Waals surface area (Å²) in [7, 11) is -3.70. The van der Waals surface area contributed by atoms with Gasteiger partial charge in [-0.15, -0.1) is 0 Å². The van der Waals surface area contributed by atoms with Gasteiger partial charge in [0, 0.05) is 18.2 Å². The van der Waals surface area contributed by atoms with E-state index in [4.69, 9.17) is 0 Å². The Morgan fingerprint density at radius 2 is 1.67 bits per heavy atom. The van der Waals surface area contributed by atoms with Gasteiger partial charge in [0.2, 0.25) is 15.0 Å². The molecule has 0 saturated carbocycles. The van der Waals surface area contributed by atoms with Crippen LogP contribution in [0, 0.1) is 11.7 Å². The predicted molar refractivity (Wildman–Crippen MR) is 126 cm³/mol. The van der Waals surface area contributed by atoms with Crippen LogP contribution in [-0.4, -0.2) is 34.8 Å². The third-order valence-corrected chi connectivity index (χ3v) is 6.83. The standard InChI is InChI=1S/C25H30FN3O3S/c1-18(2)15-29-23(14-27-25(29)33(31,32)17-20-8-6-5-7-9-20)16-28(19(3)4)24(30)21-10-12-22(26)13-11-21/h5-14,18-19H,15-17H2,1-4H3. The van der Waals surface area contributed by atoms with E-state index in [0.29, 0.717) is 23.4 Å². The Labute approximate surface area is 195 Å². The Hall–Kier alpha value is -3.00. The molecular weight excluding hydrogens is 441 g/mol. The van der Waals surface area contributed by atoms with E-state index in [9.17, 15) is 17.6 Å². The fraction of sp³-hybridized carbons (Fsp3) is 0.360. The lowest BCUT2D eigenvalue weighted by molar-refractivity contribution is 0.0685. The highest BCUT2D eigenvalue weighted by atomic mass is 32.2. The first-order valence-corrected chi connectivity index (χ1v) is 12.6. The van der Waals surface area contributed by atoms with Gasteiger partial charge in [0.25, 0.3) is 5.91 Å². The summed E-state index contributed by atoms with van der Waals surface area (Å²) in [5, 5.41) is 0.00740. The van der Waals surface area contributed by atoms with Crippen LogP contribution in [0.3, 0.4) is 0 Å². The molecule has 3 aromatic rings. The summed E-state index contributed by atoms with van der Waals surface area (Å²) in [5.41, 5.74) is 1.70. The number of amides is 1. The van der Waals surface area contributed by atoms with Crippen LogP contribution in [0.25, 0.3) is 0 Å². The van der Waals surface area contributed by atoms with Gasteiger partial charge in [-0.25, -0.2) is 17.8 Å². The molecule has 0 spiro atoms. The molecule has 8 heteroatoms. The van der Waals surface area contributed by atoms with Crippen LogP contribution >= 0.6 is 0 Å². The molecule has 0 aliphatic heterocycles. The van der Waals surface area contributed by atoms with Crippen molar-refractivity contribution in [3.8, 4) is 0 Å². The Balaban J connectivity index is 1.95. The first kappa shape index (κ1) is 24.6. The van der Waals surface area contributed by atoms with Gasteiger partial charge in [-0.05, 0) is 49.6 Å². The lowest BCUT2D eigenvalue weighted by Gasteiger charge is -2.27. The zero-order chi connectivity index (χ0) is 24.2. The number of benzene rings is 2. The number of rotatable bonds is 9. The molecule has 2 aromatic carbocycles. The van der Waals surface area contributed by atoms with Crippen molar-refractivity contribution in [2.45, 2.75) is 57.7 Å². The molecule has 0 bridgehead atoms. The zero-order valence-electron chi connectivity index (χ0n) is 19.4. The SMILES string of the molecule is CC(C)Cn1c(CN(C(=O)c2ccc(F)cc2)C(C)C)cnc1S(=O)(=O)Cc1ccccc1. The summed E-state index contributed by atoms with van der Waals surface area (Å²) in [6, 6.07) is 14.2. The molecule has 0 N–H and O–H groups in total. The molecule has 0 saturated heterocycles. The van der Waals surface area contributed by atoms with Gasteiger partial charge in [-0.2, -0.15) is 0 Å². The number of aromatic nitrogens is 2. The van der Waals surface area contributed by atoms with Crippen molar-refractivity contribution in [1.29, 1.82) is 0 Å². The average Bonchev–Trinajstić information content (AvgIpc) is 3.14. The number of hydrogen-bond donors (Lipinski definition) is 0. The van der Waals surface area contributed by atoms with E-state index in [0.717, 1.165) is 0 Å². The van der Waals surface area contributed by atoms with Crippen LogP contribution in [0.2, 0.25) is 0 Å². The van der Waals surface area contributed by atoms with Gasteiger partial charge in [0.1, 0.15) is 5.82 Å². The number of halogens is 1. The smallest absolute Gasteiger partial charge is 0.254 e. The molecule has 0 radical (unpaired) electrons. The summed E-state index contributed by atoms with van der Waals surface area (Å²) < 4.78 is 41.5. The summed E-state index contributed by atoms with van der Waals surface area (Å²) in [6.45, 7) is 8.42. The maximum atomic E-state index is 13.3. The molecule has 0 atom stereocenters. The number of sulfone groups is 1. The van der Waals surface area contributed by atoms with Crippen LogP contribution < -0.4 is 0 Å². The second-order valence-electron chi connectivity index (χ2n) is 8.81. The summed E-state index contributed by atoms with van der Waals surface area (Å²) in [5.74, 6) is -0.643.